The zero-order valence-electron chi connectivity index (χ0n) is 14.4. The number of rotatable bonds is 3. The van der Waals surface area contributed by atoms with Crippen molar-refractivity contribution in [2.24, 2.45) is 5.10 Å². The third kappa shape index (κ3) is 3.32. The fourth-order valence-electron chi connectivity index (χ4n) is 3.16. The third-order valence-corrected chi connectivity index (χ3v) is 4.41. The van der Waals surface area contributed by atoms with Crippen molar-refractivity contribution in [1.29, 1.82) is 0 Å². The number of aryl methyl sites for hydroxylation is 1. The maximum atomic E-state index is 12.8. The summed E-state index contributed by atoms with van der Waals surface area (Å²) < 4.78 is 5.05. The predicted molar refractivity (Wildman–Crippen MR) is 86.2 cm³/mol. The van der Waals surface area contributed by atoms with Crippen LogP contribution < -0.4 is 0 Å². The Bertz CT molecular complexity index is 666. The van der Waals surface area contributed by atoms with Gasteiger partial charge in [0.1, 0.15) is 5.71 Å². The maximum absolute atomic E-state index is 12.8. The molecule has 3 heterocycles. The van der Waals surface area contributed by atoms with Crippen molar-refractivity contribution in [3.05, 3.63) is 11.7 Å². The van der Waals surface area contributed by atoms with Crippen LogP contribution in [-0.4, -0.2) is 56.7 Å². The van der Waals surface area contributed by atoms with Gasteiger partial charge >= 0.3 is 0 Å². The smallest absolute Gasteiger partial charge is 0.270 e. The Morgan fingerprint density at radius 2 is 2.12 bits per heavy atom. The van der Waals surface area contributed by atoms with Gasteiger partial charge in [0, 0.05) is 44.8 Å². The Morgan fingerprint density at radius 3 is 2.79 bits per heavy atom. The standard InChI is InChI=1S/C16H23N5O3/c1-10(2)21-14(22)7-6-13(18-21)16(23)20-8-4-5-12(9-20)15-17-11(3)24-19-15/h10,12H,4-9H2,1-3H3/t12-/m0/s1. The lowest BCUT2D eigenvalue weighted by Crippen LogP contribution is -2.46. The fraction of sp³-hybridized carbons (Fsp3) is 0.688. The molecule has 0 saturated carbocycles. The molecule has 1 atom stereocenters. The summed E-state index contributed by atoms with van der Waals surface area (Å²) in [5, 5.41) is 9.70. The number of carbonyl (C=O) groups excluding carboxylic acids is 2. The number of carbonyl (C=O) groups is 2. The fourth-order valence-corrected chi connectivity index (χ4v) is 3.16. The molecule has 0 aliphatic carbocycles. The van der Waals surface area contributed by atoms with Crippen LogP contribution in [0.1, 0.15) is 57.2 Å². The second kappa shape index (κ2) is 6.70. The van der Waals surface area contributed by atoms with E-state index in [0.717, 1.165) is 12.8 Å². The first kappa shape index (κ1) is 16.6. The largest absolute Gasteiger partial charge is 0.340 e. The molecule has 1 fully saturated rings. The predicted octanol–water partition coefficient (Wildman–Crippen LogP) is 1.47. The second-order valence-corrected chi connectivity index (χ2v) is 6.64. The van der Waals surface area contributed by atoms with Crippen molar-refractivity contribution in [3.63, 3.8) is 0 Å². The van der Waals surface area contributed by atoms with Gasteiger partial charge in [0.25, 0.3) is 5.91 Å². The number of hydrazone groups is 1. The van der Waals surface area contributed by atoms with E-state index in [1.54, 1.807) is 11.8 Å². The molecule has 3 rings (SSSR count). The second-order valence-electron chi connectivity index (χ2n) is 6.64. The summed E-state index contributed by atoms with van der Waals surface area (Å²) in [5.74, 6) is 1.18. The van der Waals surface area contributed by atoms with E-state index < -0.39 is 0 Å². The van der Waals surface area contributed by atoms with Crippen molar-refractivity contribution in [1.82, 2.24) is 20.0 Å². The van der Waals surface area contributed by atoms with Gasteiger partial charge in [-0.25, -0.2) is 5.01 Å². The van der Waals surface area contributed by atoms with E-state index >= 15 is 0 Å². The van der Waals surface area contributed by atoms with Gasteiger partial charge in [-0.2, -0.15) is 10.1 Å². The van der Waals surface area contributed by atoms with E-state index in [2.05, 4.69) is 15.2 Å². The van der Waals surface area contributed by atoms with Crippen molar-refractivity contribution in [3.8, 4) is 0 Å². The first-order valence-electron chi connectivity index (χ1n) is 8.44. The number of hydrogen-bond acceptors (Lipinski definition) is 6. The topological polar surface area (TPSA) is 91.9 Å². The molecule has 24 heavy (non-hydrogen) atoms. The number of nitrogens with zero attached hydrogens (tertiary/aromatic N) is 5. The van der Waals surface area contributed by atoms with Crippen LogP contribution in [0.25, 0.3) is 0 Å². The molecule has 0 bridgehead atoms. The summed E-state index contributed by atoms with van der Waals surface area (Å²) in [6, 6.07) is -0.0444. The van der Waals surface area contributed by atoms with Gasteiger partial charge in [-0.3, -0.25) is 9.59 Å². The lowest BCUT2D eigenvalue weighted by atomic mass is 9.96. The molecule has 2 aliphatic rings. The molecule has 8 heteroatoms. The van der Waals surface area contributed by atoms with Crippen LogP contribution in [0.3, 0.4) is 0 Å². The summed E-state index contributed by atoms with van der Waals surface area (Å²) >= 11 is 0. The minimum Gasteiger partial charge on any atom is -0.340 e. The Morgan fingerprint density at radius 1 is 1.33 bits per heavy atom. The van der Waals surface area contributed by atoms with Crippen LogP contribution in [0.5, 0.6) is 0 Å². The molecule has 0 radical (unpaired) electrons. The van der Waals surface area contributed by atoms with Crippen LogP contribution in [0, 0.1) is 6.92 Å². The molecule has 1 aromatic rings. The summed E-state index contributed by atoms with van der Waals surface area (Å²) in [6.45, 7) is 6.80. The Kier molecular flexibility index (Phi) is 4.64. The van der Waals surface area contributed by atoms with Gasteiger partial charge in [-0.05, 0) is 26.7 Å². The quantitative estimate of drug-likeness (QED) is 0.835. The lowest BCUT2D eigenvalue weighted by molar-refractivity contribution is -0.133. The van der Waals surface area contributed by atoms with Crippen LogP contribution in [0.4, 0.5) is 0 Å². The Hall–Kier alpha value is -2.25. The first-order chi connectivity index (χ1) is 11.5. The van der Waals surface area contributed by atoms with E-state index in [-0.39, 0.29) is 23.8 Å². The van der Waals surface area contributed by atoms with Gasteiger partial charge in [0.05, 0.1) is 0 Å². The first-order valence-corrected chi connectivity index (χ1v) is 8.44. The maximum Gasteiger partial charge on any atom is 0.270 e. The molecule has 1 saturated heterocycles. The van der Waals surface area contributed by atoms with Crippen molar-refractivity contribution in [2.45, 2.75) is 58.4 Å². The molecule has 130 valence electrons. The van der Waals surface area contributed by atoms with E-state index in [1.165, 1.54) is 5.01 Å². The van der Waals surface area contributed by atoms with Gasteiger partial charge in [0.15, 0.2) is 5.82 Å². The average molecular weight is 333 g/mol. The molecular formula is C16H23N5O3. The van der Waals surface area contributed by atoms with Gasteiger partial charge in [-0.1, -0.05) is 5.16 Å². The van der Waals surface area contributed by atoms with E-state index in [9.17, 15) is 9.59 Å². The molecular weight excluding hydrogens is 310 g/mol. The normalized spacial score (nSPS) is 22.1. The van der Waals surface area contributed by atoms with Crippen molar-refractivity contribution >= 4 is 17.5 Å². The van der Waals surface area contributed by atoms with Crippen LogP contribution in [-0.2, 0) is 9.59 Å². The van der Waals surface area contributed by atoms with Gasteiger partial charge < -0.3 is 9.42 Å². The summed E-state index contributed by atoms with van der Waals surface area (Å²) in [6.07, 6.45) is 2.57. The van der Waals surface area contributed by atoms with Crippen molar-refractivity contribution in [2.75, 3.05) is 13.1 Å². The van der Waals surface area contributed by atoms with Gasteiger partial charge in [0.2, 0.25) is 11.8 Å². The van der Waals surface area contributed by atoms with Crippen LogP contribution in [0.15, 0.2) is 9.62 Å². The molecule has 2 aliphatic heterocycles. The van der Waals surface area contributed by atoms with Gasteiger partial charge in [-0.15, -0.1) is 0 Å². The van der Waals surface area contributed by atoms with E-state index in [1.807, 2.05) is 13.8 Å². The minimum atomic E-state index is -0.0851. The molecule has 8 nitrogen and oxygen atoms in total. The highest BCUT2D eigenvalue weighted by Gasteiger charge is 2.32. The molecule has 0 N–H and O–H groups in total. The van der Waals surface area contributed by atoms with Crippen LogP contribution in [0.2, 0.25) is 0 Å². The SMILES string of the molecule is Cc1nc([C@H]2CCCN(C(=O)C3=NN(C(C)C)C(=O)CC3)C2)no1. The molecule has 2 amide bonds. The number of hydrogen-bond donors (Lipinski definition) is 0. The van der Waals surface area contributed by atoms with Crippen LogP contribution >= 0.6 is 0 Å². The Labute approximate surface area is 140 Å². The third-order valence-electron chi connectivity index (χ3n) is 4.41. The van der Waals surface area contributed by atoms with E-state index in [4.69, 9.17) is 4.52 Å². The minimum absolute atomic E-state index is 0.0275. The average Bonchev–Trinajstić information content (AvgIpc) is 3.01. The Balaban J connectivity index is 1.72. The zero-order chi connectivity index (χ0) is 17.3. The molecule has 0 unspecified atom stereocenters. The number of amides is 2. The summed E-state index contributed by atoms with van der Waals surface area (Å²) in [4.78, 5) is 30.8. The van der Waals surface area contributed by atoms with Crippen molar-refractivity contribution < 1.29 is 14.1 Å². The van der Waals surface area contributed by atoms with E-state index in [0.29, 0.717) is 43.4 Å². The number of aromatic nitrogens is 2. The molecule has 0 aromatic carbocycles. The molecule has 0 spiro atoms. The summed E-state index contributed by atoms with van der Waals surface area (Å²) in [7, 11) is 0. The summed E-state index contributed by atoms with van der Waals surface area (Å²) in [5.41, 5.74) is 0.466. The highest BCUT2D eigenvalue weighted by atomic mass is 16.5. The highest BCUT2D eigenvalue weighted by Crippen LogP contribution is 2.25. The monoisotopic (exact) mass is 333 g/mol. The zero-order valence-corrected chi connectivity index (χ0v) is 14.4. The number of likely N-dealkylation sites (tertiary alicyclic amines) is 1. The number of piperidine rings is 1. The lowest BCUT2D eigenvalue weighted by Gasteiger charge is -2.33. The molecule has 1 aromatic heterocycles. The highest BCUT2D eigenvalue weighted by molar-refractivity contribution is 6.39.